The molecular formula is C102H112F3N23O12. The minimum absolute atomic E-state index is 0.0556. The van der Waals surface area contributed by atoms with Crippen molar-refractivity contribution in [3.05, 3.63) is 181 Å². The molecule has 12 fully saturated rings. The fourth-order valence-electron chi connectivity index (χ4n) is 19.6. The van der Waals surface area contributed by atoms with Gasteiger partial charge in [-0.15, -0.1) is 0 Å². The van der Waals surface area contributed by atoms with E-state index in [-0.39, 0.29) is 121 Å². The first-order valence-corrected chi connectivity index (χ1v) is 48.3. The van der Waals surface area contributed by atoms with Crippen molar-refractivity contribution < 1.29 is 70.7 Å². The molecule has 11 aliphatic heterocycles. The van der Waals surface area contributed by atoms with Gasteiger partial charge in [0.05, 0.1) is 106 Å². The molecule has 0 radical (unpaired) electrons. The van der Waals surface area contributed by atoms with E-state index in [0.717, 1.165) is 135 Å². The lowest BCUT2D eigenvalue weighted by molar-refractivity contribution is -0.146. The number of carbonyl (C=O) groups excluding carboxylic acids is 5. The quantitative estimate of drug-likeness (QED) is 0.0307. The first-order valence-electron chi connectivity index (χ1n) is 48.3. The number of ether oxygens (including phenoxy) is 6. The highest BCUT2D eigenvalue weighted by atomic mass is 19.1. The number of hydrogen-bond acceptors (Lipinski definition) is 30. The molecule has 5 amide bonds. The van der Waals surface area contributed by atoms with E-state index in [1.807, 2.05) is 36.4 Å². The van der Waals surface area contributed by atoms with Crippen LogP contribution in [0.2, 0.25) is 0 Å². The molecule has 9 aromatic rings. The van der Waals surface area contributed by atoms with Crippen LogP contribution in [0, 0.1) is 51.7 Å². The van der Waals surface area contributed by atoms with Gasteiger partial charge in [0.15, 0.2) is 36.0 Å². The summed E-state index contributed by atoms with van der Waals surface area (Å²) < 4.78 is 79.3. The van der Waals surface area contributed by atoms with Gasteiger partial charge in [0.25, 0.3) is 0 Å². The molecule has 1 aliphatic carbocycles. The number of aliphatic hydroxyl groups is 1. The van der Waals surface area contributed by atoms with Crippen molar-refractivity contribution in [1.82, 2.24) is 69.9 Å². The zero-order valence-electron chi connectivity index (χ0n) is 77.6. The summed E-state index contributed by atoms with van der Waals surface area (Å²) in [4.78, 5) is 108. The fraction of sp³-hybridized carbons (Fsp3) is 0.451. The number of benzene rings is 6. The number of hydrogen-bond donors (Lipinski definition) is 6. The Morgan fingerprint density at radius 2 is 0.750 bits per heavy atom. The van der Waals surface area contributed by atoms with Crippen LogP contribution < -0.4 is 55.5 Å². The number of alkyl halides is 3. The van der Waals surface area contributed by atoms with Crippen molar-refractivity contribution >= 4 is 81.1 Å². The van der Waals surface area contributed by atoms with Crippen LogP contribution in [0.1, 0.15) is 61.6 Å². The number of carbonyl (C=O) groups is 5. The number of amides is 5. The zero-order valence-corrected chi connectivity index (χ0v) is 77.6. The molecule has 11 saturated heterocycles. The summed E-state index contributed by atoms with van der Waals surface area (Å²) in [7, 11) is 0. The summed E-state index contributed by atoms with van der Waals surface area (Å²) in [5.41, 5.74) is 8.86. The maximum Gasteiger partial charge on any atom is 0.235 e. The lowest BCUT2D eigenvalue weighted by atomic mass is 9.81. The number of piperazine rings is 3. The van der Waals surface area contributed by atoms with Gasteiger partial charge >= 0.3 is 0 Å². The van der Waals surface area contributed by atoms with Gasteiger partial charge in [-0.3, -0.25) is 38.7 Å². The van der Waals surface area contributed by atoms with E-state index >= 15 is 13.2 Å². The number of anilines is 9. The van der Waals surface area contributed by atoms with E-state index in [2.05, 4.69) is 140 Å². The van der Waals surface area contributed by atoms with Crippen LogP contribution in [0.5, 0.6) is 17.2 Å². The molecule has 140 heavy (non-hydrogen) atoms. The monoisotopic (exact) mass is 1910 g/mol. The number of nitriles is 3. The molecule has 6 N–H and O–H groups in total. The Bertz CT molecular complexity index is 6040. The van der Waals surface area contributed by atoms with E-state index in [4.69, 9.17) is 28.4 Å². The standard InChI is InChI=1S/2C34H37FN8O4.C34H38FN7O4/c35-28-19-43(34(45)27-7-10-38-33(27)44)12-9-30(28)47-29-6-1-22(17-23(29)18-36)32-37-11-8-31(40-32)39-24-2-4-25(5-3-24)41-13-15-42(16-14-41)26-20-46-21-26;35-28-19-43(34(45)24-16-32(44)38-18-24)10-8-30(28)47-29-6-1-22(15-23(29)17-36)33-37-9-7-31(40-33)39-25-2-4-26(5-3-25)41-11-13-42(14-12-41)27-20-46-21-27;35-29-19-42(34(44)23-16-28(43)17-23)10-8-31(29)46-30-6-1-22(15-24(30)18-36)33-37-9-7-32(39-33)38-25-2-4-26(5-3-25)40-11-13-41(14-12-40)27-20-45-21-27/h1-6,8,11,17,26-28,30H,7,9-10,12-16,19-21H2,(H,38,44)(H,37,39,40);1-7,9,15,24,27-28,30H,8,10-14,16,18-21H2,(H,38,44)(H,37,39,40);1-7,9,15,23,27-29,31,43H,8,10-14,16-17,19-21H2,(H,37,38,39)/t27?,28-,30+;24?,28-,30+;23?,28?,29-,31+/m111/s1. The van der Waals surface area contributed by atoms with Crippen LogP contribution in [0.15, 0.2) is 164 Å². The van der Waals surface area contributed by atoms with Gasteiger partial charge in [0.1, 0.15) is 77.1 Å². The zero-order chi connectivity index (χ0) is 96.3. The molecule has 0 bridgehead atoms. The molecular weight excluding hydrogens is 1800 g/mol. The molecule has 21 rings (SSSR count). The van der Waals surface area contributed by atoms with Crippen molar-refractivity contribution in [2.45, 2.75) is 106 Å². The number of rotatable bonds is 24. The molecule has 728 valence electrons. The minimum atomic E-state index is -1.46. The first kappa shape index (κ1) is 95.0. The summed E-state index contributed by atoms with van der Waals surface area (Å²) in [6.45, 7) is 18.7. The number of halogens is 3. The van der Waals surface area contributed by atoms with Crippen LogP contribution in [-0.2, 0) is 38.2 Å². The summed E-state index contributed by atoms with van der Waals surface area (Å²) in [6.07, 6.45) is 0.155. The molecule has 8 atom stereocenters. The van der Waals surface area contributed by atoms with Gasteiger partial charge in [-0.05, 0) is 165 Å². The Morgan fingerprint density at radius 3 is 1.04 bits per heavy atom. The van der Waals surface area contributed by atoms with Crippen LogP contribution in [0.3, 0.4) is 0 Å². The maximum atomic E-state index is 15.2. The number of piperidine rings is 3. The Labute approximate surface area is 808 Å². The van der Waals surface area contributed by atoms with Crippen molar-refractivity contribution in [2.75, 3.05) is 201 Å². The van der Waals surface area contributed by atoms with Crippen molar-refractivity contribution in [3.8, 4) is 69.6 Å². The van der Waals surface area contributed by atoms with Gasteiger partial charge in [0.2, 0.25) is 29.5 Å². The number of aliphatic hydroxyl groups excluding tert-OH is 1. The topological polar surface area (TPSA) is 399 Å². The van der Waals surface area contributed by atoms with Crippen LogP contribution in [-0.4, -0.2) is 326 Å². The maximum absolute atomic E-state index is 15.2. The highest BCUT2D eigenvalue weighted by Crippen LogP contribution is 2.38. The van der Waals surface area contributed by atoms with Gasteiger partial charge in [-0.1, -0.05) is 0 Å². The van der Waals surface area contributed by atoms with E-state index in [9.17, 15) is 44.9 Å². The summed E-state index contributed by atoms with van der Waals surface area (Å²) in [6, 6.07) is 53.5. The average Bonchev–Trinajstić information content (AvgIpc) is 1.71. The normalized spacial score (nSPS) is 24.1. The van der Waals surface area contributed by atoms with E-state index < -0.39 is 54.8 Å². The molecule has 12 aliphatic rings. The molecule has 6 aromatic carbocycles. The van der Waals surface area contributed by atoms with E-state index in [1.165, 1.54) is 31.8 Å². The Hall–Kier alpha value is -13.9. The molecule has 35 nitrogen and oxygen atoms in total. The average molecular weight is 1910 g/mol. The predicted octanol–water partition coefficient (Wildman–Crippen LogP) is 8.84. The van der Waals surface area contributed by atoms with Crippen molar-refractivity contribution in [1.29, 1.82) is 15.8 Å². The SMILES string of the molecule is N#Cc1cc(-c2nccc(Nc3ccc(N4CCN(C5COC5)CC4)cc3)n2)ccc1O[C@H]1CCN(C(=O)C2CC(O)C2)C[C@H]1F.N#Cc1cc(-c2nccc(Nc3ccc(N4CCN(C5COC5)CC4)cc3)n2)ccc1O[C@H]1CCN(C(=O)C2CCNC2=O)C[C@H]1F.N#Cc1cc(-c2nccc(Nc3ccc(N4CCN(C5COC5)CC4)cc3)n2)ccc1O[C@H]1CCN(C(=O)C2CNC(=O)C2)C[C@H]1F. The number of nitrogens with zero attached hydrogens (tertiary/aromatic N) is 18. The van der Waals surface area contributed by atoms with Crippen molar-refractivity contribution in [2.24, 2.45) is 17.8 Å². The molecule has 2 unspecified atom stereocenters. The van der Waals surface area contributed by atoms with Crippen LogP contribution >= 0.6 is 0 Å². The van der Waals surface area contributed by atoms with Gasteiger partial charge in [-0.2, -0.15) is 15.8 Å². The lowest BCUT2D eigenvalue weighted by Gasteiger charge is -2.43. The third-order valence-corrected chi connectivity index (χ3v) is 28.3. The fourth-order valence-corrected chi connectivity index (χ4v) is 19.6. The second kappa shape index (κ2) is 43.6. The number of aromatic nitrogens is 6. The minimum Gasteiger partial charge on any atom is -0.486 e. The molecule has 38 heteroatoms. The predicted molar refractivity (Wildman–Crippen MR) is 513 cm³/mol. The summed E-state index contributed by atoms with van der Waals surface area (Å²) >= 11 is 0. The first-order chi connectivity index (χ1) is 68.3. The van der Waals surface area contributed by atoms with Crippen LogP contribution in [0.4, 0.5) is 64.7 Å². The van der Waals surface area contributed by atoms with Gasteiger partial charge in [0, 0.05) is 212 Å². The molecule has 1 saturated carbocycles. The highest BCUT2D eigenvalue weighted by molar-refractivity contribution is 6.01. The highest BCUT2D eigenvalue weighted by Gasteiger charge is 2.44. The Balaban J connectivity index is 0.000000134. The largest absolute Gasteiger partial charge is 0.486 e. The van der Waals surface area contributed by atoms with Crippen molar-refractivity contribution in [3.63, 3.8) is 0 Å². The van der Waals surface area contributed by atoms with Crippen LogP contribution in [0.25, 0.3) is 34.2 Å². The third kappa shape index (κ3) is 22.5. The Morgan fingerprint density at radius 1 is 0.414 bits per heavy atom. The van der Waals surface area contributed by atoms with E-state index in [0.29, 0.717) is 115 Å². The number of nitrogens with one attached hydrogen (secondary N) is 5. The second-order valence-corrected chi connectivity index (χ2v) is 37.3. The third-order valence-electron chi connectivity index (χ3n) is 28.3. The summed E-state index contributed by atoms with van der Waals surface area (Å²) in [5, 5.41) is 54.5. The van der Waals surface area contributed by atoms with Gasteiger partial charge < -0.3 is 89.5 Å². The smallest absolute Gasteiger partial charge is 0.235 e. The molecule has 3 aromatic heterocycles. The van der Waals surface area contributed by atoms with E-state index in [1.54, 1.807) is 91.4 Å². The van der Waals surface area contributed by atoms with Gasteiger partial charge in [-0.25, -0.2) is 43.1 Å². The number of likely N-dealkylation sites (tertiary alicyclic amines) is 3. The Kier molecular flexibility index (Phi) is 29.6. The lowest BCUT2D eigenvalue weighted by Crippen LogP contribution is -2.56. The second-order valence-electron chi connectivity index (χ2n) is 37.3. The molecule has 14 heterocycles. The summed E-state index contributed by atoms with van der Waals surface area (Å²) in [5.74, 6) is 1.37. The molecule has 0 spiro atoms.